The fraction of sp³-hybridized carbons (Fsp3) is 0.375. The molecule has 1 heterocycles. The zero-order valence-electron chi connectivity index (χ0n) is 7.23. The van der Waals surface area contributed by atoms with E-state index in [1.54, 1.807) is 6.07 Å². The summed E-state index contributed by atoms with van der Waals surface area (Å²) in [7, 11) is 1.52. The molecule has 1 rings (SSSR count). The van der Waals surface area contributed by atoms with Crippen LogP contribution < -0.4 is 4.74 Å². The van der Waals surface area contributed by atoms with Crippen LogP contribution in [-0.4, -0.2) is 22.3 Å². The molecule has 0 saturated heterocycles. The van der Waals surface area contributed by atoms with Gasteiger partial charge in [0.05, 0.1) is 32.2 Å². The Hall–Kier alpha value is -0.840. The molecule has 0 atom stereocenters. The highest BCUT2D eigenvalue weighted by Crippen LogP contribution is 2.14. The first-order valence-corrected chi connectivity index (χ1v) is 3.55. The lowest BCUT2D eigenvalue weighted by atomic mass is 10.2. The molecule has 2 N–H and O–H groups in total. The monoisotopic (exact) mass is 205 g/mol. The first-order valence-electron chi connectivity index (χ1n) is 3.55. The van der Waals surface area contributed by atoms with Crippen LogP contribution in [0, 0.1) is 0 Å². The van der Waals surface area contributed by atoms with Crippen molar-refractivity contribution in [3.63, 3.8) is 0 Å². The van der Waals surface area contributed by atoms with Gasteiger partial charge in [0.15, 0.2) is 0 Å². The Bertz CT molecular complexity index is 268. The molecule has 13 heavy (non-hydrogen) atoms. The van der Waals surface area contributed by atoms with Crippen molar-refractivity contribution in [2.24, 2.45) is 0 Å². The second-order valence-electron chi connectivity index (χ2n) is 2.30. The number of aromatic nitrogens is 1. The lowest BCUT2D eigenvalue weighted by Crippen LogP contribution is -1.98. The molecule has 0 bridgehead atoms. The molecule has 0 amide bonds. The predicted molar refractivity (Wildman–Crippen MR) is 49.9 cm³/mol. The van der Waals surface area contributed by atoms with Crippen molar-refractivity contribution in [1.29, 1.82) is 0 Å². The lowest BCUT2D eigenvalue weighted by molar-refractivity contribution is 0.255. The third-order valence-electron chi connectivity index (χ3n) is 1.59. The van der Waals surface area contributed by atoms with Crippen LogP contribution in [0.3, 0.4) is 0 Å². The Labute approximate surface area is 82.6 Å². The maximum atomic E-state index is 8.86. The molecule has 0 fully saturated rings. The van der Waals surface area contributed by atoms with Gasteiger partial charge in [-0.2, -0.15) is 0 Å². The quantitative estimate of drug-likeness (QED) is 0.754. The molecule has 1 aromatic rings. The molecule has 0 aliphatic carbocycles. The zero-order valence-corrected chi connectivity index (χ0v) is 8.04. The summed E-state index contributed by atoms with van der Waals surface area (Å²) in [6.07, 6.45) is 1.50. The number of hydrogen-bond acceptors (Lipinski definition) is 4. The molecule has 74 valence electrons. The molecular formula is C8H12ClNO3. The van der Waals surface area contributed by atoms with Gasteiger partial charge >= 0.3 is 0 Å². The summed E-state index contributed by atoms with van der Waals surface area (Å²) in [5.41, 5.74) is 1.08. The maximum Gasteiger partial charge on any atom is 0.137 e. The first-order chi connectivity index (χ1) is 5.81. The third-order valence-corrected chi connectivity index (χ3v) is 1.59. The highest BCUT2D eigenvalue weighted by Gasteiger charge is 2.03. The molecular weight excluding hydrogens is 194 g/mol. The van der Waals surface area contributed by atoms with Crippen LogP contribution in [-0.2, 0) is 13.2 Å². The van der Waals surface area contributed by atoms with Gasteiger partial charge in [-0.15, -0.1) is 12.4 Å². The molecule has 0 aromatic carbocycles. The molecule has 0 unspecified atom stereocenters. The summed E-state index contributed by atoms with van der Waals surface area (Å²) >= 11 is 0. The topological polar surface area (TPSA) is 62.6 Å². The minimum Gasteiger partial charge on any atom is -0.495 e. The molecule has 0 spiro atoms. The fourth-order valence-electron chi connectivity index (χ4n) is 0.908. The number of aliphatic hydroxyl groups is 2. The van der Waals surface area contributed by atoms with E-state index in [-0.39, 0.29) is 25.6 Å². The predicted octanol–water partition coefficient (Wildman–Crippen LogP) is 0.497. The highest BCUT2D eigenvalue weighted by molar-refractivity contribution is 5.85. The van der Waals surface area contributed by atoms with Crippen molar-refractivity contribution in [3.05, 3.63) is 23.5 Å². The summed E-state index contributed by atoms with van der Waals surface area (Å²) < 4.78 is 4.90. The van der Waals surface area contributed by atoms with Crippen LogP contribution >= 0.6 is 12.4 Å². The van der Waals surface area contributed by atoms with E-state index in [9.17, 15) is 0 Å². The normalized spacial score (nSPS) is 9.15. The summed E-state index contributed by atoms with van der Waals surface area (Å²) in [5, 5.41) is 17.7. The molecule has 1 aromatic heterocycles. The van der Waals surface area contributed by atoms with Gasteiger partial charge in [-0.05, 0) is 6.07 Å². The van der Waals surface area contributed by atoms with Gasteiger partial charge in [-0.25, -0.2) is 0 Å². The summed E-state index contributed by atoms with van der Waals surface area (Å²) in [6, 6.07) is 1.65. The average molecular weight is 206 g/mol. The average Bonchev–Trinajstić information content (AvgIpc) is 2.16. The van der Waals surface area contributed by atoms with Crippen molar-refractivity contribution >= 4 is 12.4 Å². The van der Waals surface area contributed by atoms with Gasteiger partial charge in [-0.1, -0.05) is 0 Å². The van der Waals surface area contributed by atoms with E-state index in [1.807, 2.05) is 0 Å². The molecule has 0 aliphatic heterocycles. The summed E-state index contributed by atoms with van der Waals surface area (Å²) in [6.45, 7) is -0.306. The largest absolute Gasteiger partial charge is 0.495 e. The van der Waals surface area contributed by atoms with Crippen molar-refractivity contribution < 1.29 is 14.9 Å². The SMILES string of the molecule is COc1cnc(CO)c(CO)c1.Cl. The summed E-state index contributed by atoms with van der Waals surface area (Å²) in [4.78, 5) is 3.90. The Morgan fingerprint density at radius 1 is 1.38 bits per heavy atom. The van der Waals surface area contributed by atoms with Crippen LogP contribution in [0.15, 0.2) is 12.3 Å². The molecule has 0 radical (unpaired) electrons. The van der Waals surface area contributed by atoms with Gasteiger partial charge in [0.2, 0.25) is 0 Å². The first kappa shape index (κ1) is 12.2. The van der Waals surface area contributed by atoms with Crippen LogP contribution in [0.2, 0.25) is 0 Å². The van der Waals surface area contributed by atoms with Crippen molar-refractivity contribution in [3.8, 4) is 5.75 Å². The van der Waals surface area contributed by atoms with Crippen LogP contribution in [0.1, 0.15) is 11.3 Å². The van der Waals surface area contributed by atoms with Gasteiger partial charge in [0.1, 0.15) is 5.75 Å². The van der Waals surface area contributed by atoms with E-state index in [0.29, 0.717) is 17.0 Å². The Balaban J connectivity index is 0.00000144. The maximum absolute atomic E-state index is 8.86. The fourth-order valence-corrected chi connectivity index (χ4v) is 0.908. The number of nitrogens with zero attached hydrogens (tertiary/aromatic N) is 1. The van der Waals surface area contributed by atoms with E-state index in [1.165, 1.54) is 13.3 Å². The van der Waals surface area contributed by atoms with Crippen LogP contribution in [0.5, 0.6) is 5.75 Å². The van der Waals surface area contributed by atoms with Gasteiger partial charge in [0, 0.05) is 5.56 Å². The third kappa shape index (κ3) is 2.84. The number of rotatable bonds is 3. The second-order valence-corrected chi connectivity index (χ2v) is 2.30. The Morgan fingerprint density at radius 3 is 2.54 bits per heavy atom. The van der Waals surface area contributed by atoms with Crippen LogP contribution in [0.4, 0.5) is 0 Å². The van der Waals surface area contributed by atoms with Crippen molar-refractivity contribution in [2.75, 3.05) is 7.11 Å². The van der Waals surface area contributed by atoms with Gasteiger partial charge in [0.25, 0.3) is 0 Å². The second kappa shape index (κ2) is 5.75. The number of hydrogen-bond donors (Lipinski definition) is 2. The summed E-state index contributed by atoms with van der Waals surface area (Å²) in [5.74, 6) is 0.580. The smallest absolute Gasteiger partial charge is 0.137 e. The number of aliphatic hydroxyl groups excluding tert-OH is 2. The molecule has 0 saturated carbocycles. The van der Waals surface area contributed by atoms with Crippen LogP contribution in [0.25, 0.3) is 0 Å². The lowest BCUT2D eigenvalue weighted by Gasteiger charge is -2.05. The molecule has 5 heteroatoms. The van der Waals surface area contributed by atoms with Crippen molar-refractivity contribution in [2.45, 2.75) is 13.2 Å². The van der Waals surface area contributed by atoms with E-state index < -0.39 is 0 Å². The zero-order chi connectivity index (χ0) is 8.97. The molecule has 4 nitrogen and oxygen atoms in total. The van der Waals surface area contributed by atoms with Gasteiger partial charge in [-0.3, -0.25) is 4.98 Å². The van der Waals surface area contributed by atoms with Gasteiger partial charge < -0.3 is 14.9 Å². The van der Waals surface area contributed by atoms with E-state index in [2.05, 4.69) is 4.98 Å². The molecule has 0 aliphatic rings. The van der Waals surface area contributed by atoms with E-state index in [4.69, 9.17) is 14.9 Å². The minimum absolute atomic E-state index is 0. The Morgan fingerprint density at radius 2 is 2.08 bits per heavy atom. The standard InChI is InChI=1S/C8H11NO3.ClH/c1-12-7-2-6(4-10)8(5-11)9-3-7;/h2-3,10-11H,4-5H2,1H3;1H. The van der Waals surface area contributed by atoms with E-state index >= 15 is 0 Å². The number of ether oxygens (including phenoxy) is 1. The highest BCUT2D eigenvalue weighted by atomic mass is 35.5. The number of methoxy groups -OCH3 is 1. The number of halogens is 1. The number of pyridine rings is 1. The van der Waals surface area contributed by atoms with Crippen molar-refractivity contribution in [1.82, 2.24) is 4.98 Å². The minimum atomic E-state index is -0.167. The Kier molecular flexibility index (Phi) is 5.37. The van der Waals surface area contributed by atoms with E-state index in [0.717, 1.165) is 0 Å².